The summed E-state index contributed by atoms with van der Waals surface area (Å²) in [7, 11) is 3.22. The fourth-order valence-electron chi connectivity index (χ4n) is 4.48. The molecule has 34 heavy (non-hydrogen) atoms. The molecular formula is C27H24ClN3O3. The molecule has 0 saturated heterocycles. The van der Waals surface area contributed by atoms with Crippen LogP contribution in [-0.4, -0.2) is 24.9 Å². The Morgan fingerprint density at radius 1 is 1.00 bits per heavy atom. The molecule has 0 bridgehead atoms. The zero-order valence-electron chi connectivity index (χ0n) is 18.9. The highest BCUT2D eigenvalue weighted by Gasteiger charge is 2.27. The number of aromatic amines is 1. The highest BCUT2D eigenvalue weighted by Crippen LogP contribution is 2.34. The Hall–Kier alpha value is -3.77. The van der Waals surface area contributed by atoms with E-state index in [1.807, 2.05) is 48.5 Å². The highest BCUT2D eigenvalue weighted by atomic mass is 35.5. The molecule has 5 rings (SSSR count). The molecule has 2 heterocycles. The van der Waals surface area contributed by atoms with Gasteiger partial charge in [-0.05, 0) is 53.4 Å². The average molecular weight is 474 g/mol. The molecule has 172 valence electrons. The van der Waals surface area contributed by atoms with Crippen LogP contribution in [0.2, 0.25) is 5.02 Å². The van der Waals surface area contributed by atoms with Gasteiger partial charge in [0.15, 0.2) is 11.5 Å². The van der Waals surface area contributed by atoms with Gasteiger partial charge < -0.3 is 19.9 Å². The molecule has 0 amide bonds. The Bertz CT molecular complexity index is 1450. The lowest BCUT2D eigenvalue weighted by Gasteiger charge is -2.15. The van der Waals surface area contributed by atoms with E-state index >= 15 is 0 Å². The zero-order chi connectivity index (χ0) is 23.7. The van der Waals surface area contributed by atoms with Gasteiger partial charge in [0.2, 0.25) is 0 Å². The molecular weight excluding hydrogens is 450 g/mol. The summed E-state index contributed by atoms with van der Waals surface area (Å²) in [4.78, 5) is 16.3. The second kappa shape index (κ2) is 9.23. The molecule has 1 aliphatic rings. The van der Waals surface area contributed by atoms with Crippen molar-refractivity contribution in [3.05, 3.63) is 104 Å². The van der Waals surface area contributed by atoms with Crippen LogP contribution in [0.1, 0.15) is 34.7 Å². The van der Waals surface area contributed by atoms with Gasteiger partial charge in [0.05, 0.1) is 31.5 Å². The van der Waals surface area contributed by atoms with Crippen LogP contribution in [-0.2, 0) is 6.42 Å². The molecule has 0 radical (unpaired) electrons. The van der Waals surface area contributed by atoms with Gasteiger partial charge in [0, 0.05) is 22.3 Å². The maximum absolute atomic E-state index is 13.3. The molecule has 1 unspecified atom stereocenters. The number of H-pyrrole nitrogens is 1. The van der Waals surface area contributed by atoms with Gasteiger partial charge in [-0.3, -0.25) is 4.79 Å². The summed E-state index contributed by atoms with van der Waals surface area (Å²) in [5, 5.41) is 6.14. The van der Waals surface area contributed by atoms with Gasteiger partial charge >= 0.3 is 0 Å². The highest BCUT2D eigenvalue weighted by molar-refractivity contribution is 6.31. The standard InChI is InChI=1S/C27H24ClN3O3/c1-33-24-11-8-17(13-25(24)34-2)22-15-23(31-30-22)26-20(12-16-6-4-3-5-7-16)19-14-18(28)9-10-21(19)29-27(26)32/h3-11,13-14,22,30H,12,15H2,1-2H3,(H,29,32). The van der Waals surface area contributed by atoms with Gasteiger partial charge in [0.25, 0.3) is 5.56 Å². The van der Waals surface area contributed by atoms with Crippen molar-refractivity contribution in [3.8, 4) is 11.5 Å². The van der Waals surface area contributed by atoms with Crippen molar-refractivity contribution in [2.45, 2.75) is 18.9 Å². The number of halogens is 1. The van der Waals surface area contributed by atoms with E-state index in [4.69, 9.17) is 21.1 Å². The van der Waals surface area contributed by atoms with Gasteiger partial charge in [-0.2, -0.15) is 5.10 Å². The van der Waals surface area contributed by atoms with Crippen LogP contribution in [0, 0.1) is 0 Å². The number of pyridine rings is 1. The second-order valence-corrected chi connectivity index (χ2v) is 8.66. The van der Waals surface area contributed by atoms with Crippen molar-refractivity contribution in [1.82, 2.24) is 10.4 Å². The lowest BCUT2D eigenvalue weighted by molar-refractivity contribution is 0.354. The third kappa shape index (κ3) is 4.13. The van der Waals surface area contributed by atoms with E-state index in [1.54, 1.807) is 20.3 Å². The van der Waals surface area contributed by atoms with Gasteiger partial charge in [0.1, 0.15) is 0 Å². The lowest BCUT2D eigenvalue weighted by atomic mass is 9.91. The molecule has 4 aromatic rings. The molecule has 0 saturated carbocycles. The van der Waals surface area contributed by atoms with E-state index in [9.17, 15) is 4.79 Å². The summed E-state index contributed by atoms with van der Waals surface area (Å²) in [5.41, 5.74) is 8.14. The van der Waals surface area contributed by atoms with Crippen molar-refractivity contribution < 1.29 is 9.47 Å². The fraction of sp³-hybridized carbons (Fsp3) is 0.185. The first-order valence-electron chi connectivity index (χ1n) is 11.0. The number of hydrazone groups is 1. The van der Waals surface area contributed by atoms with Gasteiger partial charge in [-0.15, -0.1) is 0 Å². The number of benzene rings is 3. The number of fused-ring (bicyclic) bond motifs is 1. The van der Waals surface area contributed by atoms with Crippen LogP contribution < -0.4 is 20.5 Å². The van der Waals surface area contributed by atoms with Crippen LogP contribution in [0.15, 0.2) is 76.6 Å². The summed E-state index contributed by atoms with van der Waals surface area (Å²) in [6, 6.07) is 21.3. The van der Waals surface area contributed by atoms with Crippen molar-refractivity contribution >= 4 is 28.2 Å². The third-order valence-electron chi connectivity index (χ3n) is 6.16. The molecule has 0 fully saturated rings. The van der Waals surface area contributed by atoms with E-state index in [-0.39, 0.29) is 11.6 Å². The first-order chi connectivity index (χ1) is 16.6. The third-order valence-corrected chi connectivity index (χ3v) is 6.39. The SMILES string of the molecule is COc1ccc(C2CC(c3c(Cc4ccccc4)c4cc(Cl)ccc4[nH]c3=O)=NN2)cc1OC. The predicted octanol–water partition coefficient (Wildman–Crippen LogP) is 5.23. The molecule has 1 aliphatic heterocycles. The molecule has 0 aliphatic carbocycles. The van der Waals surface area contributed by atoms with E-state index in [1.165, 1.54) is 0 Å². The summed E-state index contributed by atoms with van der Waals surface area (Å²) in [6.07, 6.45) is 1.16. The van der Waals surface area contributed by atoms with Crippen LogP contribution in [0.4, 0.5) is 0 Å². The minimum atomic E-state index is -0.158. The Morgan fingerprint density at radius 2 is 1.79 bits per heavy atom. The van der Waals surface area contributed by atoms with Crippen LogP contribution >= 0.6 is 11.6 Å². The number of nitrogens with one attached hydrogen (secondary N) is 2. The van der Waals surface area contributed by atoms with Crippen LogP contribution in [0.25, 0.3) is 10.9 Å². The molecule has 3 aromatic carbocycles. The minimum absolute atomic E-state index is 0.0890. The normalized spacial score (nSPS) is 15.1. The molecule has 0 spiro atoms. The van der Waals surface area contributed by atoms with Crippen molar-refractivity contribution in [2.75, 3.05) is 14.2 Å². The predicted molar refractivity (Wildman–Crippen MR) is 135 cm³/mol. The van der Waals surface area contributed by atoms with E-state index in [0.29, 0.717) is 40.6 Å². The lowest BCUT2D eigenvalue weighted by Crippen LogP contribution is -2.21. The Kier molecular flexibility index (Phi) is 5.99. The number of nitrogens with zero attached hydrogens (tertiary/aromatic N) is 1. The van der Waals surface area contributed by atoms with E-state index < -0.39 is 0 Å². The largest absolute Gasteiger partial charge is 0.493 e. The van der Waals surface area contributed by atoms with Crippen molar-refractivity contribution in [2.24, 2.45) is 5.10 Å². The molecule has 1 aromatic heterocycles. The van der Waals surface area contributed by atoms with Crippen molar-refractivity contribution in [1.29, 1.82) is 0 Å². The number of hydrogen-bond acceptors (Lipinski definition) is 5. The maximum Gasteiger partial charge on any atom is 0.257 e. The topological polar surface area (TPSA) is 75.7 Å². The Morgan fingerprint density at radius 3 is 2.56 bits per heavy atom. The minimum Gasteiger partial charge on any atom is -0.493 e. The van der Waals surface area contributed by atoms with Gasteiger partial charge in [-0.1, -0.05) is 48.0 Å². The Labute approximate surface area is 202 Å². The summed E-state index contributed by atoms with van der Waals surface area (Å²) in [5.74, 6) is 1.32. The summed E-state index contributed by atoms with van der Waals surface area (Å²) in [6.45, 7) is 0. The van der Waals surface area contributed by atoms with Crippen molar-refractivity contribution in [3.63, 3.8) is 0 Å². The van der Waals surface area contributed by atoms with Gasteiger partial charge in [-0.25, -0.2) is 0 Å². The Balaban J connectivity index is 1.57. The second-order valence-electron chi connectivity index (χ2n) is 8.22. The first kappa shape index (κ1) is 22.0. The van der Waals surface area contributed by atoms with Crippen LogP contribution in [0.3, 0.4) is 0 Å². The molecule has 7 heteroatoms. The first-order valence-corrected chi connectivity index (χ1v) is 11.4. The number of aromatic nitrogens is 1. The smallest absolute Gasteiger partial charge is 0.257 e. The average Bonchev–Trinajstić information content (AvgIpc) is 3.34. The number of rotatable bonds is 6. The quantitative estimate of drug-likeness (QED) is 0.402. The fourth-order valence-corrected chi connectivity index (χ4v) is 4.65. The maximum atomic E-state index is 13.3. The molecule has 1 atom stereocenters. The molecule has 2 N–H and O–H groups in total. The summed E-state index contributed by atoms with van der Waals surface area (Å²) >= 11 is 6.35. The number of ether oxygens (including phenoxy) is 2. The number of methoxy groups -OCH3 is 2. The zero-order valence-corrected chi connectivity index (χ0v) is 19.6. The summed E-state index contributed by atoms with van der Waals surface area (Å²) < 4.78 is 10.8. The molecule has 6 nitrogen and oxygen atoms in total. The van der Waals surface area contributed by atoms with E-state index in [2.05, 4.69) is 27.6 Å². The van der Waals surface area contributed by atoms with Crippen LogP contribution in [0.5, 0.6) is 11.5 Å². The van der Waals surface area contributed by atoms with E-state index in [0.717, 1.165) is 27.6 Å². The monoisotopic (exact) mass is 473 g/mol. The number of hydrogen-bond donors (Lipinski definition) is 2.